The molecule has 0 amide bonds. The largest absolute Gasteiger partial charge is 0.329 e. The summed E-state index contributed by atoms with van der Waals surface area (Å²) in [7, 11) is 0. The van der Waals surface area contributed by atoms with E-state index in [4.69, 9.17) is 17.3 Å². The van der Waals surface area contributed by atoms with Gasteiger partial charge in [0.15, 0.2) is 0 Å². The highest BCUT2D eigenvalue weighted by Crippen LogP contribution is 2.35. The Bertz CT molecular complexity index is 434. The zero-order chi connectivity index (χ0) is 13.3. The summed E-state index contributed by atoms with van der Waals surface area (Å²) in [5, 5.41) is 0.425. The van der Waals surface area contributed by atoms with Crippen molar-refractivity contribution in [1.29, 1.82) is 0 Å². The Morgan fingerprint density at radius 3 is 2.72 bits per heavy atom. The summed E-state index contributed by atoms with van der Waals surface area (Å²) < 4.78 is 14.0. The number of halogens is 2. The van der Waals surface area contributed by atoms with Crippen LogP contribution in [0.2, 0.25) is 5.02 Å². The van der Waals surface area contributed by atoms with Crippen molar-refractivity contribution in [3.63, 3.8) is 0 Å². The smallest absolute Gasteiger partial charge is 0.129 e. The third kappa shape index (κ3) is 2.85. The van der Waals surface area contributed by atoms with Crippen LogP contribution in [0.3, 0.4) is 0 Å². The fourth-order valence-electron chi connectivity index (χ4n) is 2.66. The maximum Gasteiger partial charge on any atom is 0.129 e. The fourth-order valence-corrected chi connectivity index (χ4v) is 2.82. The average Bonchev–Trinajstić information content (AvgIpc) is 2.63. The molecule has 0 spiro atoms. The Labute approximate surface area is 113 Å². The molecule has 0 bridgehead atoms. The van der Waals surface area contributed by atoms with Gasteiger partial charge in [-0.2, -0.15) is 0 Å². The lowest BCUT2D eigenvalue weighted by atomic mass is 9.93. The molecular weight excluding hydrogens is 251 g/mol. The first kappa shape index (κ1) is 13.8. The van der Waals surface area contributed by atoms with Gasteiger partial charge in [-0.05, 0) is 30.5 Å². The van der Waals surface area contributed by atoms with Gasteiger partial charge in [0.2, 0.25) is 0 Å². The summed E-state index contributed by atoms with van der Waals surface area (Å²) >= 11 is 5.78. The van der Waals surface area contributed by atoms with Crippen molar-refractivity contribution in [3.8, 4) is 0 Å². The van der Waals surface area contributed by atoms with Crippen molar-refractivity contribution >= 4 is 11.6 Å². The number of hydrogen-bond acceptors (Lipinski definition) is 2. The minimum absolute atomic E-state index is 0.0518. The molecule has 4 heteroatoms. The lowest BCUT2D eigenvalue weighted by molar-refractivity contribution is 0.219. The first-order valence-corrected chi connectivity index (χ1v) is 6.70. The van der Waals surface area contributed by atoms with Crippen LogP contribution in [-0.4, -0.2) is 24.5 Å². The van der Waals surface area contributed by atoms with E-state index in [1.54, 1.807) is 12.1 Å². The molecule has 1 heterocycles. The van der Waals surface area contributed by atoms with Gasteiger partial charge in [-0.3, -0.25) is 4.90 Å². The van der Waals surface area contributed by atoms with Crippen LogP contribution in [0.15, 0.2) is 18.2 Å². The van der Waals surface area contributed by atoms with E-state index >= 15 is 0 Å². The minimum Gasteiger partial charge on any atom is -0.329 e. The summed E-state index contributed by atoms with van der Waals surface area (Å²) in [6.07, 6.45) is 1.12. The molecule has 1 unspecified atom stereocenters. The van der Waals surface area contributed by atoms with Gasteiger partial charge in [0, 0.05) is 29.7 Å². The van der Waals surface area contributed by atoms with Crippen LogP contribution in [-0.2, 0) is 0 Å². The van der Waals surface area contributed by atoms with Crippen molar-refractivity contribution < 1.29 is 4.39 Å². The summed E-state index contributed by atoms with van der Waals surface area (Å²) in [6, 6.07) is 4.79. The van der Waals surface area contributed by atoms with E-state index in [-0.39, 0.29) is 17.3 Å². The van der Waals surface area contributed by atoms with Crippen LogP contribution >= 0.6 is 11.6 Å². The predicted molar refractivity (Wildman–Crippen MR) is 73.2 cm³/mol. The van der Waals surface area contributed by atoms with E-state index in [2.05, 4.69) is 18.7 Å². The quantitative estimate of drug-likeness (QED) is 0.914. The van der Waals surface area contributed by atoms with E-state index in [1.165, 1.54) is 6.07 Å². The van der Waals surface area contributed by atoms with Crippen molar-refractivity contribution in [3.05, 3.63) is 34.6 Å². The normalized spacial score (nSPS) is 21.2. The van der Waals surface area contributed by atoms with E-state index in [9.17, 15) is 4.39 Å². The zero-order valence-corrected chi connectivity index (χ0v) is 11.7. The first-order chi connectivity index (χ1) is 8.43. The highest BCUT2D eigenvalue weighted by molar-refractivity contribution is 6.30. The van der Waals surface area contributed by atoms with Crippen LogP contribution in [0, 0.1) is 11.2 Å². The molecule has 2 nitrogen and oxygen atoms in total. The molecule has 0 aromatic heterocycles. The highest BCUT2D eigenvalue weighted by atomic mass is 35.5. The topological polar surface area (TPSA) is 29.3 Å². The van der Waals surface area contributed by atoms with Gasteiger partial charge in [-0.25, -0.2) is 4.39 Å². The molecule has 100 valence electrons. The molecule has 0 radical (unpaired) electrons. The molecule has 1 saturated heterocycles. The molecule has 1 aromatic carbocycles. The van der Waals surface area contributed by atoms with Gasteiger partial charge in [0.05, 0.1) is 0 Å². The second kappa shape index (κ2) is 5.16. The maximum absolute atomic E-state index is 14.0. The fraction of sp³-hybridized carbons (Fsp3) is 0.571. The lowest BCUT2D eigenvalue weighted by Crippen LogP contribution is -2.33. The summed E-state index contributed by atoms with van der Waals surface area (Å²) in [6.45, 7) is 6.82. The number of rotatable bonds is 3. The monoisotopic (exact) mass is 270 g/mol. The Morgan fingerprint density at radius 2 is 2.22 bits per heavy atom. The predicted octanol–water partition coefficient (Wildman–Crippen LogP) is 3.21. The summed E-state index contributed by atoms with van der Waals surface area (Å²) in [5.41, 5.74) is 6.78. The highest BCUT2D eigenvalue weighted by Gasteiger charge is 2.34. The van der Waals surface area contributed by atoms with Crippen molar-refractivity contribution in [1.82, 2.24) is 4.90 Å². The Morgan fingerprint density at radius 1 is 1.50 bits per heavy atom. The van der Waals surface area contributed by atoms with E-state index in [0.717, 1.165) is 19.5 Å². The van der Waals surface area contributed by atoms with Gasteiger partial charge < -0.3 is 5.73 Å². The van der Waals surface area contributed by atoms with Crippen LogP contribution in [0.4, 0.5) is 4.39 Å². The van der Waals surface area contributed by atoms with Crippen molar-refractivity contribution in [2.75, 3.05) is 19.6 Å². The van der Waals surface area contributed by atoms with E-state index in [0.29, 0.717) is 17.1 Å². The van der Waals surface area contributed by atoms with Gasteiger partial charge in [-0.15, -0.1) is 0 Å². The first-order valence-electron chi connectivity index (χ1n) is 6.32. The lowest BCUT2D eigenvalue weighted by Gasteiger charge is -2.28. The number of likely N-dealkylation sites (tertiary alicyclic amines) is 1. The molecule has 1 aliphatic rings. The molecular formula is C14H20ClFN2. The molecule has 18 heavy (non-hydrogen) atoms. The number of hydrogen-bond donors (Lipinski definition) is 1. The van der Waals surface area contributed by atoms with Crippen LogP contribution < -0.4 is 5.73 Å². The van der Waals surface area contributed by atoms with E-state index in [1.807, 2.05) is 0 Å². The van der Waals surface area contributed by atoms with Gasteiger partial charge in [0.1, 0.15) is 5.82 Å². The molecule has 1 atom stereocenters. The second-order valence-corrected chi connectivity index (χ2v) is 6.24. The third-order valence-electron chi connectivity index (χ3n) is 3.69. The number of nitrogens with zero attached hydrogens (tertiary/aromatic N) is 1. The van der Waals surface area contributed by atoms with Crippen molar-refractivity contribution in [2.24, 2.45) is 11.1 Å². The second-order valence-electron chi connectivity index (χ2n) is 5.80. The maximum atomic E-state index is 14.0. The Balaban J connectivity index is 2.23. The van der Waals surface area contributed by atoms with Gasteiger partial charge >= 0.3 is 0 Å². The average molecular weight is 271 g/mol. The molecule has 1 aromatic rings. The molecule has 1 aliphatic heterocycles. The van der Waals surface area contributed by atoms with Crippen LogP contribution in [0.25, 0.3) is 0 Å². The van der Waals surface area contributed by atoms with Crippen molar-refractivity contribution in [2.45, 2.75) is 26.3 Å². The SMILES string of the molecule is CC1(C)CCN(C(CN)c2ccc(Cl)cc2F)C1. The van der Waals surface area contributed by atoms with Gasteiger partial charge in [-0.1, -0.05) is 31.5 Å². The standard InChI is InChI=1S/C14H20ClFN2/c1-14(2)5-6-18(9-14)13(8-17)11-4-3-10(15)7-12(11)16/h3-4,7,13H,5-6,8-9,17H2,1-2H3. The van der Waals surface area contributed by atoms with Gasteiger partial charge in [0.25, 0.3) is 0 Å². The molecule has 2 rings (SSSR count). The number of benzene rings is 1. The Hall–Kier alpha value is -0.640. The molecule has 2 N–H and O–H groups in total. The van der Waals surface area contributed by atoms with Crippen LogP contribution in [0.1, 0.15) is 31.9 Å². The number of nitrogens with two attached hydrogens (primary N) is 1. The third-order valence-corrected chi connectivity index (χ3v) is 3.93. The summed E-state index contributed by atoms with van der Waals surface area (Å²) in [5.74, 6) is -0.261. The molecule has 1 fully saturated rings. The minimum atomic E-state index is -0.261. The van der Waals surface area contributed by atoms with Crippen LogP contribution in [0.5, 0.6) is 0 Å². The zero-order valence-electron chi connectivity index (χ0n) is 10.9. The summed E-state index contributed by atoms with van der Waals surface area (Å²) in [4.78, 5) is 2.27. The molecule has 0 saturated carbocycles. The van der Waals surface area contributed by atoms with E-state index < -0.39 is 0 Å². The Kier molecular flexibility index (Phi) is 3.95. The molecule has 0 aliphatic carbocycles.